The molecule has 0 saturated carbocycles. The van der Waals surface area contributed by atoms with Gasteiger partial charge in [0.05, 0.1) is 34.2 Å². The van der Waals surface area contributed by atoms with E-state index in [4.69, 9.17) is 33.3 Å². The fraction of sp³-hybridized carbons (Fsp3) is 0.111. The number of rotatable bonds is 7. The molecule has 1 aliphatic rings. The molecule has 4 rings (SSSR count). The molecule has 0 atom stereocenters. The first-order valence-electron chi connectivity index (χ1n) is 10.9. The molecule has 0 unspecified atom stereocenters. The van der Waals surface area contributed by atoms with Gasteiger partial charge in [-0.1, -0.05) is 53.7 Å². The summed E-state index contributed by atoms with van der Waals surface area (Å²) in [6, 6.07) is 19.6. The number of hydrazine groups is 1. The van der Waals surface area contributed by atoms with Crippen molar-refractivity contribution in [1.82, 2.24) is 10.4 Å². The number of thioether (sulfide) groups is 1. The Morgan fingerprint density at radius 2 is 1.97 bits per heavy atom. The predicted molar refractivity (Wildman–Crippen MR) is 147 cm³/mol. The zero-order valence-corrected chi connectivity index (χ0v) is 22.2. The van der Waals surface area contributed by atoms with Gasteiger partial charge in [0, 0.05) is 5.56 Å². The van der Waals surface area contributed by atoms with E-state index in [-0.39, 0.29) is 21.5 Å². The zero-order chi connectivity index (χ0) is 26.5. The molecule has 1 N–H and O–H groups in total. The van der Waals surface area contributed by atoms with E-state index in [0.717, 1.165) is 27.9 Å². The Bertz CT molecular complexity index is 1480. The summed E-state index contributed by atoms with van der Waals surface area (Å²) in [6.07, 6.45) is 1.65. The number of ether oxygens (including phenoxy) is 2. The Kier molecular flexibility index (Phi) is 8.14. The first-order valence-corrected chi connectivity index (χ1v) is 12.5. The topological polar surface area (TPSA) is 91.7 Å². The van der Waals surface area contributed by atoms with Crippen LogP contribution in [0.5, 0.6) is 11.5 Å². The van der Waals surface area contributed by atoms with Gasteiger partial charge in [0.2, 0.25) is 0 Å². The van der Waals surface area contributed by atoms with Crippen molar-refractivity contribution >= 4 is 57.8 Å². The molecule has 1 saturated heterocycles. The molecule has 0 aromatic heterocycles. The molecule has 1 fully saturated rings. The summed E-state index contributed by atoms with van der Waals surface area (Å²) < 4.78 is 11.5. The lowest BCUT2D eigenvalue weighted by Crippen LogP contribution is -2.44. The maximum atomic E-state index is 13.0. The van der Waals surface area contributed by atoms with Gasteiger partial charge < -0.3 is 9.47 Å². The number of benzene rings is 3. The molecule has 0 bridgehead atoms. The minimum atomic E-state index is -0.538. The molecule has 3 aromatic rings. The lowest BCUT2D eigenvalue weighted by molar-refractivity contribution is -0.123. The van der Waals surface area contributed by atoms with Crippen LogP contribution in [0.25, 0.3) is 6.08 Å². The second-order valence-corrected chi connectivity index (χ2v) is 9.99. The molecule has 37 heavy (non-hydrogen) atoms. The number of amides is 2. The number of carbonyl (C=O) groups is 2. The van der Waals surface area contributed by atoms with Crippen molar-refractivity contribution in [3.05, 3.63) is 98.4 Å². The first kappa shape index (κ1) is 26.2. The maximum absolute atomic E-state index is 13.0. The van der Waals surface area contributed by atoms with Crippen LogP contribution >= 0.6 is 35.6 Å². The highest BCUT2D eigenvalue weighted by Gasteiger charge is 2.34. The largest absolute Gasteiger partial charge is 0.493 e. The Morgan fingerprint density at radius 3 is 2.70 bits per heavy atom. The van der Waals surface area contributed by atoms with Crippen LogP contribution in [-0.2, 0) is 11.4 Å². The number of nitrogens with one attached hydrogen (secondary N) is 1. The molecule has 7 nitrogen and oxygen atoms in total. The van der Waals surface area contributed by atoms with Gasteiger partial charge in [-0.3, -0.25) is 15.0 Å². The van der Waals surface area contributed by atoms with Crippen LogP contribution in [0.15, 0.2) is 65.6 Å². The van der Waals surface area contributed by atoms with Crippen LogP contribution in [0.2, 0.25) is 5.02 Å². The SMILES string of the molecule is COc1cc(/C=C2\SC(=S)N(NC(=O)c3ccc(C)cc3Cl)C2=O)ccc1OCc1ccccc1C#N. The quantitative estimate of drug-likeness (QED) is 0.300. The average Bonchev–Trinajstić information content (AvgIpc) is 3.15. The highest BCUT2D eigenvalue weighted by Crippen LogP contribution is 2.34. The average molecular weight is 550 g/mol. The monoisotopic (exact) mass is 549 g/mol. The van der Waals surface area contributed by atoms with E-state index in [9.17, 15) is 14.9 Å². The molecule has 186 valence electrons. The van der Waals surface area contributed by atoms with Gasteiger partial charge in [0.25, 0.3) is 11.8 Å². The number of aryl methyl sites for hydroxylation is 1. The van der Waals surface area contributed by atoms with E-state index in [2.05, 4.69) is 11.5 Å². The summed E-state index contributed by atoms with van der Waals surface area (Å²) in [5.41, 5.74) is 5.66. The molecular weight excluding hydrogens is 530 g/mol. The Balaban J connectivity index is 1.48. The summed E-state index contributed by atoms with van der Waals surface area (Å²) in [4.78, 5) is 26.0. The summed E-state index contributed by atoms with van der Waals surface area (Å²) in [6.45, 7) is 2.06. The molecule has 3 aromatic carbocycles. The Labute approximate surface area is 228 Å². The first-order chi connectivity index (χ1) is 17.8. The van der Waals surface area contributed by atoms with Gasteiger partial charge in [-0.15, -0.1) is 0 Å². The Morgan fingerprint density at radius 1 is 1.19 bits per heavy atom. The molecule has 2 amide bonds. The van der Waals surface area contributed by atoms with Crippen LogP contribution in [0, 0.1) is 18.3 Å². The highest BCUT2D eigenvalue weighted by atomic mass is 35.5. The number of thiocarbonyl (C=S) groups is 1. The molecule has 1 heterocycles. The van der Waals surface area contributed by atoms with Crippen molar-refractivity contribution in [3.8, 4) is 17.6 Å². The van der Waals surface area contributed by atoms with Crippen molar-refractivity contribution < 1.29 is 19.1 Å². The van der Waals surface area contributed by atoms with Crippen molar-refractivity contribution in [2.75, 3.05) is 7.11 Å². The number of hydrogen-bond donors (Lipinski definition) is 1. The standard InChI is InChI=1S/C27H20ClN3O4S2/c1-16-7-9-20(21(28)11-16)25(32)30-31-26(33)24(37-27(31)36)13-17-8-10-22(23(12-17)34-2)35-15-19-6-4-3-5-18(19)14-29/h3-13H,15H2,1-2H3,(H,30,32)/b24-13-. The van der Waals surface area contributed by atoms with E-state index in [1.807, 2.05) is 19.1 Å². The fourth-order valence-electron chi connectivity index (χ4n) is 3.49. The Hall–Kier alpha value is -3.84. The number of nitriles is 1. The summed E-state index contributed by atoms with van der Waals surface area (Å²) >= 11 is 12.6. The van der Waals surface area contributed by atoms with Crippen LogP contribution in [-0.4, -0.2) is 28.3 Å². The normalized spacial score (nSPS) is 14.0. The molecule has 1 aliphatic heterocycles. The second kappa shape index (κ2) is 11.5. The van der Waals surface area contributed by atoms with E-state index in [0.29, 0.717) is 27.5 Å². The van der Waals surface area contributed by atoms with E-state index in [1.165, 1.54) is 7.11 Å². The summed E-state index contributed by atoms with van der Waals surface area (Å²) in [5.74, 6) is -0.0501. The van der Waals surface area contributed by atoms with Gasteiger partial charge in [-0.05, 0) is 66.7 Å². The van der Waals surface area contributed by atoms with Crippen LogP contribution in [0.3, 0.4) is 0 Å². The summed E-state index contributed by atoms with van der Waals surface area (Å²) in [7, 11) is 1.51. The number of hydrogen-bond acceptors (Lipinski definition) is 7. The number of carbonyl (C=O) groups excluding carboxylic acids is 2. The van der Waals surface area contributed by atoms with Crippen LogP contribution < -0.4 is 14.9 Å². The van der Waals surface area contributed by atoms with Gasteiger partial charge >= 0.3 is 0 Å². The predicted octanol–water partition coefficient (Wildman–Crippen LogP) is 5.65. The van der Waals surface area contributed by atoms with E-state index in [1.54, 1.807) is 54.6 Å². The minimum Gasteiger partial charge on any atom is -0.493 e. The summed E-state index contributed by atoms with van der Waals surface area (Å²) in [5, 5.41) is 10.6. The molecule has 0 radical (unpaired) electrons. The van der Waals surface area contributed by atoms with Crippen molar-refractivity contribution in [3.63, 3.8) is 0 Å². The van der Waals surface area contributed by atoms with Crippen LogP contribution in [0.4, 0.5) is 0 Å². The van der Waals surface area contributed by atoms with Crippen molar-refractivity contribution in [2.45, 2.75) is 13.5 Å². The third-order valence-corrected chi connectivity index (χ3v) is 7.00. The van der Waals surface area contributed by atoms with Crippen LogP contribution in [0.1, 0.15) is 32.6 Å². The molecular formula is C27H20ClN3O4S2. The number of nitrogens with zero attached hydrogens (tertiary/aromatic N) is 2. The van der Waals surface area contributed by atoms with Gasteiger partial charge in [-0.25, -0.2) is 0 Å². The third kappa shape index (κ3) is 5.94. The zero-order valence-electron chi connectivity index (χ0n) is 19.8. The molecule has 0 aliphatic carbocycles. The minimum absolute atomic E-state index is 0.191. The van der Waals surface area contributed by atoms with E-state index >= 15 is 0 Å². The van der Waals surface area contributed by atoms with Gasteiger partial charge in [0.15, 0.2) is 15.8 Å². The highest BCUT2D eigenvalue weighted by molar-refractivity contribution is 8.26. The molecule has 0 spiro atoms. The number of halogens is 1. The maximum Gasteiger partial charge on any atom is 0.285 e. The van der Waals surface area contributed by atoms with Gasteiger partial charge in [0.1, 0.15) is 6.61 Å². The van der Waals surface area contributed by atoms with Crippen molar-refractivity contribution in [2.24, 2.45) is 0 Å². The number of methoxy groups -OCH3 is 1. The molecule has 10 heteroatoms. The smallest absolute Gasteiger partial charge is 0.285 e. The fourth-order valence-corrected chi connectivity index (χ4v) is 4.99. The second-order valence-electron chi connectivity index (χ2n) is 7.91. The third-order valence-electron chi connectivity index (χ3n) is 5.38. The van der Waals surface area contributed by atoms with Crippen molar-refractivity contribution in [1.29, 1.82) is 5.26 Å². The van der Waals surface area contributed by atoms with E-state index < -0.39 is 11.8 Å². The van der Waals surface area contributed by atoms with Gasteiger partial charge in [-0.2, -0.15) is 10.3 Å². The lowest BCUT2D eigenvalue weighted by Gasteiger charge is -2.16. The lowest BCUT2D eigenvalue weighted by atomic mass is 10.1.